The molecule has 1 N–H and O–H groups in total. The van der Waals surface area contributed by atoms with Crippen molar-refractivity contribution in [3.63, 3.8) is 0 Å². The molecular weight excluding hydrogens is 292 g/mol. The molecule has 3 heterocycles. The first-order valence-corrected chi connectivity index (χ1v) is 8.05. The highest BCUT2D eigenvalue weighted by atomic mass is 32.1. The fraction of sp³-hybridized carbons (Fsp3) is 0.643. The maximum Gasteiger partial charge on any atom is 0.324 e. The number of piperidine rings is 1. The predicted molar refractivity (Wildman–Crippen MR) is 78.3 cm³/mol. The van der Waals surface area contributed by atoms with E-state index < -0.39 is 5.97 Å². The summed E-state index contributed by atoms with van der Waals surface area (Å²) in [6.45, 7) is 0.758. The average molecular weight is 310 g/mol. The van der Waals surface area contributed by atoms with Crippen molar-refractivity contribution in [2.75, 3.05) is 0 Å². The molecule has 0 spiro atoms. The molecule has 0 radical (unpaired) electrons. The molecule has 0 saturated carbocycles. The smallest absolute Gasteiger partial charge is 0.324 e. The zero-order valence-corrected chi connectivity index (χ0v) is 12.4. The second-order valence-corrected chi connectivity index (χ2v) is 7.14. The Balaban J connectivity index is 1.65. The topological polar surface area (TPSA) is 83.7 Å². The van der Waals surface area contributed by atoms with Gasteiger partial charge in [0.15, 0.2) is 0 Å². The van der Waals surface area contributed by atoms with E-state index in [0.29, 0.717) is 12.1 Å². The maximum atomic E-state index is 10.9. The van der Waals surface area contributed by atoms with Crippen LogP contribution in [0, 0.1) is 16.0 Å². The number of carbonyl (C=O) groups is 1. The second-order valence-electron chi connectivity index (χ2n) is 5.99. The quantitative estimate of drug-likeness (QED) is 0.668. The Labute approximate surface area is 126 Å². The van der Waals surface area contributed by atoms with Crippen LogP contribution in [0.15, 0.2) is 12.1 Å². The van der Waals surface area contributed by atoms with E-state index in [1.165, 1.54) is 11.3 Å². The molecule has 2 fully saturated rings. The van der Waals surface area contributed by atoms with Gasteiger partial charge in [-0.25, -0.2) is 0 Å². The van der Waals surface area contributed by atoms with Gasteiger partial charge in [0.2, 0.25) is 0 Å². The van der Waals surface area contributed by atoms with Crippen molar-refractivity contribution in [1.29, 1.82) is 0 Å². The van der Waals surface area contributed by atoms with Crippen LogP contribution < -0.4 is 0 Å². The molecule has 1 aromatic rings. The summed E-state index contributed by atoms with van der Waals surface area (Å²) in [4.78, 5) is 24.7. The van der Waals surface area contributed by atoms with Crippen LogP contribution in [0.25, 0.3) is 0 Å². The van der Waals surface area contributed by atoms with Crippen LogP contribution in [0.5, 0.6) is 0 Å². The lowest BCUT2D eigenvalue weighted by molar-refractivity contribution is -0.380. The van der Waals surface area contributed by atoms with Crippen LogP contribution >= 0.6 is 11.3 Å². The minimum absolute atomic E-state index is 0.193. The Morgan fingerprint density at radius 2 is 2.05 bits per heavy atom. The molecule has 3 rings (SSSR count). The molecule has 6 nitrogen and oxygen atoms in total. The van der Waals surface area contributed by atoms with Crippen LogP contribution in [0.2, 0.25) is 0 Å². The number of fused-ring (bicyclic) bond motifs is 2. The first kappa shape index (κ1) is 14.5. The maximum absolute atomic E-state index is 10.9. The molecule has 0 aromatic carbocycles. The van der Waals surface area contributed by atoms with E-state index >= 15 is 0 Å². The molecule has 2 bridgehead atoms. The number of aliphatic carboxylic acids is 1. The van der Waals surface area contributed by atoms with E-state index in [9.17, 15) is 14.9 Å². The van der Waals surface area contributed by atoms with Crippen molar-refractivity contribution >= 4 is 22.3 Å². The molecule has 2 unspecified atom stereocenters. The minimum atomic E-state index is -0.707. The Hall–Kier alpha value is -1.47. The van der Waals surface area contributed by atoms with Crippen LogP contribution in [0.3, 0.4) is 0 Å². The first-order chi connectivity index (χ1) is 10.0. The van der Waals surface area contributed by atoms with Crippen molar-refractivity contribution in [1.82, 2.24) is 4.90 Å². The summed E-state index contributed by atoms with van der Waals surface area (Å²) in [5.41, 5.74) is 0. The molecule has 0 aliphatic carbocycles. The van der Waals surface area contributed by atoms with E-state index in [0.717, 1.165) is 37.1 Å². The number of carboxylic acid groups (broad SMARTS) is 1. The van der Waals surface area contributed by atoms with Gasteiger partial charge in [0.05, 0.1) is 4.92 Å². The van der Waals surface area contributed by atoms with Crippen molar-refractivity contribution in [3.8, 4) is 0 Å². The highest BCUT2D eigenvalue weighted by molar-refractivity contribution is 7.15. The van der Waals surface area contributed by atoms with Crippen molar-refractivity contribution in [2.45, 2.75) is 50.7 Å². The highest BCUT2D eigenvalue weighted by Crippen LogP contribution is 2.41. The Kier molecular flexibility index (Phi) is 3.95. The van der Waals surface area contributed by atoms with Gasteiger partial charge in [-0.2, -0.15) is 0 Å². The predicted octanol–water partition coefficient (Wildman–Crippen LogP) is 2.87. The summed E-state index contributed by atoms with van der Waals surface area (Å²) < 4.78 is 0. The van der Waals surface area contributed by atoms with Crippen molar-refractivity contribution in [3.05, 3.63) is 27.1 Å². The van der Waals surface area contributed by atoms with Gasteiger partial charge in [0.25, 0.3) is 0 Å². The minimum Gasteiger partial charge on any atom is -0.481 e. The largest absolute Gasteiger partial charge is 0.481 e. The number of nitrogens with zero attached hydrogens (tertiary/aromatic N) is 2. The van der Waals surface area contributed by atoms with Crippen LogP contribution in [0.4, 0.5) is 5.00 Å². The van der Waals surface area contributed by atoms with E-state index in [2.05, 4.69) is 4.90 Å². The summed E-state index contributed by atoms with van der Waals surface area (Å²) >= 11 is 1.24. The molecule has 2 saturated heterocycles. The van der Waals surface area contributed by atoms with Gasteiger partial charge in [-0.15, -0.1) is 0 Å². The lowest BCUT2D eigenvalue weighted by atomic mass is 9.88. The number of carboxylic acids is 1. The molecule has 0 amide bonds. The molecule has 2 aliphatic rings. The third-order valence-corrected chi connectivity index (χ3v) is 5.63. The molecule has 7 heteroatoms. The fourth-order valence-corrected chi connectivity index (χ4v) is 4.62. The van der Waals surface area contributed by atoms with Gasteiger partial charge in [-0.3, -0.25) is 19.8 Å². The highest BCUT2D eigenvalue weighted by Gasteiger charge is 2.41. The zero-order chi connectivity index (χ0) is 15.0. The number of hydrogen-bond acceptors (Lipinski definition) is 5. The van der Waals surface area contributed by atoms with Gasteiger partial charge in [0.1, 0.15) is 0 Å². The second kappa shape index (κ2) is 5.73. The van der Waals surface area contributed by atoms with Gasteiger partial charge in [-0.05, 0) is 37.7 Å². The molecule has 114 valence electrons. The number of rotatable bonds is 5. The summed E-state index contributed by atoms with van der Waals surface area (Å²) in [6, 6.07) is 4.29. The van der Waals surface area contributed by atoms with Gasteiger partial charge < -0.3 is 5.11 Å². The van der Waals surface area contributed by atoms with Gasteiger partial charge >= 0.3 is 11.0 Å². The van der Waals surface area contributed by atoms with Crippen molar-refractivity contribution in [2.24, 2.45) is 5.92 Å². The van der Waals surface area contributed by atoms with Gasteiger partial charge in [0, 0.05) is 36.0 Å². The van der Waals surface area contributed by atoms with E-state index in [-0.39, 0.29) is 22.3 Å². The van der Waals surface area contributed by atoms with Gasteiger partial charge in [-0.1, -0.05) is 11.3 Å². The Morgan fingerprint density at radius 1 is 1.38 bits per heavy atom. The standard InChI is InChI=1S/C14H18N2O4S/c17-14(18)7-9-5-10-1-2-11(6-9)15(10)8-12-3-4-13(21-12)16(19)20/h3-4,9-11H,1-2,5-8H2,(H,17,18). The monoisotopic (exact) mass is 310 g/mol. The molecule has 21 heavy (non-hydrogen) atoms. The number of nitro groups is 1. The zero-order valence-electron chi connectivity index (χ0n) is 11.6. The normalized spacial score (nSPS) is 28.7. The summed E-state index contributed by atoms with van der Waals surface area (Å²) in [5.74, 6) is -0.421. The lowest BCUT2D eigenvalue weighted by Gasteiger charge is -2.38. The summed E-state index contributed by atoms with van der Waals surface area (Å²) in [6.07, 6.45) is 4.39. The van der Waals surface area contributed by atoms with E-state index in [1.54, 1.807) is 6.07 Å². The number of thiophene rings is 1. The van der Waals surface area contributed by atoms with E-state index in [4.69, 9.17) is 5.11 Å². The molecular formula is C14H18N2O4S. The Morgan fingerprint density at radius 3 is 2.57 bits per heavy atom. The fourth-order valence-electron chi connectivity index (χ4n) is 3.79. The molecule has 2 aliphatic heterocycles. The summed E-state index contributed by atoms with van der Waals surface area (Å²) in [7, 11) is 0. The lowest BCUT2D eigenvalue weighted by Crippen LogP contribution is -2.42. The van der Waals surface area contributed by atoms with Crippen molar-refractivity contribution < 1.29 is 14.8 Å². The third-order valence-electron chi connectivity index (χ3n) is 4.61. The van der Waals surface area contributed by atoms with Crippen LogP contribution in [-0.2, 0) is 11.3 Å². The number of hydrogen-bond donors (Lipinski definition) is 1. The van der Waals surface area contributed by atoms with Crippen LogP contribution in [-0.4, -0.2) is 33.0 Å². The third kappa shape index (κ3) is 3.08. The average Bonchev–Trinajstić information content (AvgIpc) is 2.94. The SMILES string of the molecule is O=C(O)CC1CC2CCC(C1)N2Cc1ccc([N+](=O)[O-])s1. The van der Waals surface area contributed by atoms with Crippen LogP contribution in [0.1, 0.15) is 37.0 Å². The Bertz CT molecular complexity index is 545. The first-order valence-electron chi connectivity index (χ1n) is 7.23. The van der Waals surface area contributed by atoms with E-state index in [1.807, 2.05) is 6.07 Å². The summed E-state index contributed by atoms with van der Waals surface area (Å²) in [5, 5.41) is 19.9. The molecule has 2 atom stereocenters. The molecule has 1 aromatic heterocycles.